The van der Waals surface area contributed by atoms with Gasteiger partial charge in [-0.1, -0.05) is 24.3 Å². The van der Waals surface area contributed by atoms with Crippen LogP contribution in [0.5, 0.6) is 11.8 Å². The third-order valence-electron chi connectivity index (χ3n) is 3.13. The minimum Gasteiger partial charge on any atom is -0.481 e. The number of rotatable bonds is 5. The topological polar surface area (TPSA) is 44.2 Å². The Morgan fingerprint density at radius 1 is 0.909 bits per heavy atom. The van der Waals surface area contributed by atoms with Crippen molar-refractivity contribution < 1.29 is 9.47 Å². The summed E-state index contributed by atoms with van der Waals surface area (Å²) in [6.07, 6.45) is 9.75. The number of methoxy groups -OCH3 is 2. The second kappa shape index (κ2) is 7.41. The lowest BCUT2D eigenvalue weighted by molar-refractivity contribution is 0.397. The summed E-state index contributed by atoms with van der Waals surface area (Å²) in [4.78, 5) is 8.81. The van der Waals surface area contributed by atoms with Gasteiger partial charge in [0.05, 0.1) is 19.9 Å². The Morgan fingerprint density at radius 2 is 1.64 bits per heavy atom. The van der Waals surface area contributed by atoms with E-state index in [1.54, 1.807) is 20.4 Å². The number of pyridine rings is 2. The van der Waals surface area contributed by atoms with Gasteiger partial charge in [0.15, 0.2) is 0 Å². The lowest BCUT2D eigenvalue weighted by Crippen LogP contribution is -1.96. The largest absolute Gasteiger partial charge is 0.481 e. The lowest BCUT2D eigenvalue weighted by atomic mass is 10.0. The third kappa shape index (κ3) is 3.52. The number of hydrogen-bond donors (Lipinski definition) is 0. The van der Waals surface area contributed by atoms with E-state index in [1.807, 2.05) is 56.4 Å². The molecule has 114 valence electrons. The third-order valence-corrected chi connectivity index (χ3v) is 3.13. The predicted molar refractivity (Wildman–Crippen MR) is 90.0 cm³/mol. The summed E-state index contributed by atoms with van der Waals surface area (Å²) in [6, 6.07) is 5.80. The summed E-state index contributed by atoms with van der Waals surface area (Å²) in [6.45, 7) is 3.95. The smallest absolute Gasteiger partial charge is 0.214 e. The maximum Gasteiger partial charge on any atom is 0.214 e. The molecule has 0 aliphatic carbocycles. The Bertz CT molecular complexity index is 706. The van der Waals surface area contributed by atoms with Crippen molar-refractivity contribution in [3.8, 4) is 23.0 Å². The minimum absolute atomic E-state index is 0.556. The summed E-state index contributed by atoms with van der Waals surface area (Å²) in [5, 5.41) is 0. The Kier molecular flexibility index (Phi) is 5.31. The highest BCUT2D eigenvalue weighted by molar-refractivity contribution is 5.75. The van der Waals surface area contributed by atoms with E-state index in [-0.39, 0.29) is 0 Å². The van der Waals surface area contributed by atoms with Gasteiger partial charge in [-0.15, -0.1) is 0 Å². The quantitative estimate of drug-likeness (QED) is 0.828. The van der Waals surface area contributed by atoms with Gasteiger partial charge in [-0.3, -0.25) is 0 Å². The Hall–Kier alpha value is -2.62. The fraction of sp³-hybridized carbons (Fsp3) is 0.222. The van der Waals surface area contributed by atoms with Crippen LogP contribution in [0, 0.1) is 0 Å². The summed E-state index contributed by atoms with van der Waals surface area (Å²) in [5.74, 6) is 1.13. The van der Waals surface area contributed by atoms with Crippen LogP contribution in [-0.2, 0) is 0 Å². The fourth-order valence-corrected chi connectivity index (χ4v) is 2.15. The average Bonchev–Trinajstić information content (AvgIpc) is 2.55. The molecule has 0 atom stereocenters. The maximum atomic E-state index is 5.31. The van der Waals surface area contributed by atoms with E-state index >= 15 is 0 Å². The summed E-state index contributed by atoms with van der Waals surface area (Å²) >= 11 is 0. The van der Waals surface area contributed by atoms with Crippen molar-refractivity contribution in [3.05, 3.63) is 47.7 Å². The molecule has 0 bridgehead atoms. The van der Waals surface area contributed by atoms with E-state index < -0.39 is 0 Å². The highest BCUT2D eigenvalue weighted by Crippen LogP contribution is 2.29. The fourth-order valence-electron chi connectivity index (χ4n) is 2.15. The molecular weight excluding hydrogens is 276 g/mol. The second-order valence-corrected chi connectivity index (χ2v) is 4.64. The molecule has 0 N–H and O–H groups in total. The Morgan fingerprint density at radius 3 is 2.27 bits per heavy atom. The normalized spacial score (nSPS) is 11.3. The first-order valence-electron chi connectivity index (χ1n) is 7.07. The van der Waals surface area contributed by atoms with E-state index in [0.717, 1.165) is 22.4 Å². The van der Waals surface area contributed by atoms with E-state index in [4.69, 9.17) is 9.47 Å². The van der Waals surface area contributed by atoms with Gasteiger partial charge in [-0.05, 0) is 25.5 Å². The molecule has 0 saturated carbocycles. The van der Waals surface area contributed by atoms with Crippen molar-refractivity contribution in [3.63, 3.8) is 0 Å². The molecule has 0 spiro atoms. The van der Waals surface area contributed by atoms with Crippen molar-refractivity contribution in [1.82, 2.24) is 9.97 Å². The summed E-state index contributed by atoms with van der Waals surface area (Å²) in [5.41, 5.74) is 3.79. The van der Waals surface area contributed by atoms with Crippen LogP contribution in [-0.4, -0.2) is 24.2 Å². The molecule has 4 nitrogen and oxygen atoms in total. The van der Waals surface area contributed by atoms with Crippen molar-refractivity contribution in [2.24, 2.45) is 0 Å². The first-order valence-corrected chi connectivity index (χ1v) is 7.07. The van der Waals surface area contributed by atoms with Gasteiger partial charge in [0.25, 0.3) is 0 Å². The molecule has 0 amide bonds. The van der Waals surface area contributed by atoms with Crippen molar-refractivity contribution in [2.75, 3.05) is 14.2 Å². The Balaban J connectivity index is 2.65. The van der Waals surface area contributed by atoms with Crippen molar-refractivity contribution in [1.29, 1.82) is 0 Å². The van der Waals surface area contributed by atoms with Crippen LogP contribution in [0.1, 0.15) is 25.0 Å². The van der Waals surface area contributed by atoms with Crippen LogP contribution >= 0.6 is 0 Å². The second-order valence-electron chi connectivity index (χ2n) is 4.64. The Labute approximate surface area is 131 Å². The molecule has 0 unspecified atom stereocenters. The molecule has 2 heterocycles. The molecule has 22 heavy (non-hydrogen) atoms. The van der Waals surface area contributed by atoms with Gasteiger partial charge in [0.1, 0.15) is 0 Å². The van der Waals surface area contributed by atoms with Crippen molar-refractivity contribution in [2.45, 2.75) is 13.8 Å². The number of hydrogen-bond acceptors (Lipinski definition) is 4. The number of nitrogens with zero attached hydrogens (tertiary/aromatic N) is 2. The zero-order chi connectivity index (χ0) is 15.9. The predicted octanol–water partition coefficient (Wildman–Crippen LogP) is 4.23. The highest BCUT2D eigenvalue weighted by Gasteiger charge is 2.10. The molecule has 0 radical (unpaired) electrons. The van der Waals surface area contributed by atoms with E-state index in [2.05, 4.69) is 9.97 Å². The zero-order valence-electron chi connectivity index (χ0n) is 13.3. The van der Waals surface area contributed by atoms with Crippen molar-refractivity contribution >= 4 is 12.2 Å². The molecule has 0 aliphatic heterocycles. The van der Waals surface area contributed by atoms with Crippen LogP contribution in [0.3, 0.4) is 0 Å². The molecule has 0 saturated heterocycles. The monoisotopic (exact) mass is 296 g/mol. The number of aromatic nitrogens is 2. The first-order chi connectivity index (χ1) is 10.7. The van der Waals surface area contributed by atoms with Crippen LogP contribution < -0.4 is 9.47 Å². The van der Waals surface area contributed by atoms with E-state index in [0.29, 0.717) is 11.8 Å². The maximum absolute atomic E-state index is 5.31. The molecule has 2 rings (SSSR count). The van der Waals surface area contributed by atoms with Crippen LogP contribution in [0.15, 0.2) is 36.5 Å². The van der Waals surface area contributed by atoms with Gasteiger partial charge in [0.2, 0.25) is 11.8 Å². The standard InChI is InChI=1S/C18H20N2O2/c1-5-7-13-9-16(20-18(10-13)22-4)15-11-17(21-3)19-12-14(15)8-6-2/h5-12H,1-4H3/b7-5+,8-6+. The van der Waals surface area contributed by atoms with Crippen LogP contribution in [0.4, 0.5) is 0 Å². The molecular formula is C18H20N2O2. The molecule has 0 aliphatic rings. The average molecular weight is 296 g/mol. The zero-order valence-corrected chi connectivity index (χ0v) is 13.3. The van der Waals surface area contributed by atoms with Gasteiger partial charge >= 0.3 is 0 Å². The highest BCUT2D eigenvalue weighted by atomic mass is 16.5. The van der Waals surface area contributed by atoms with Gasteiger partial charge < -0.3 is 9.47 Å². The molecule has 2 aromatic rings. The minimum atomic E-state index is 0.556. The SMILES string of the molecule is C/C=C/c1cc(OC)nc(-c2cc(OC)ncc2/C=C/C)c1. The molecule has 0 aromatic carbocycles. The van der Waals surface area contributed by atoms with Gasteiger partial charge in [0, 0.05) is 29.5 Å². The van der Waals surface area contributed by atoms with E-state index in [9.17, 15) is 0 Å². The van der Waals surface area contributed by atoms with Crippen LogP contribution in [0.2, 0.25) is 0 Å². The lowest BCUT2D eigenvalue weighted by Gasteiger charge is -2.10. The first kappa shape index (κ1) is 15.8. The molecule has 4 heteroatoms. The molecule has 0 fully saturated rings. The molecule has 2 aromatic heterocycles. The summed E-state index contributed by atoms with van der Waals surface area (Å²) in [7, 11) is 3.22. The van der Waals surface area contributed by atoms with Gasteiger partial charge in [-0.2, -0.15) is 0 Å². The van der Waals surface area contributed by atoms with E-state index in [1.165, 1.54) is 0 Å². The summed E-state index contributed by atoms with van der Waals surface area (Å²) < 4.78 is 10.5. The number of ether oxygens (including phenoxy) is 2. The van der Waals surface area contributed by atoms with Gasteiger partial charge in [-0.25, -0.2) is 9.97 Å². The number of allylic oxidation sites excluding steroid dienone is 2. The van der Waals surface area contributed by atoms with Crippen LogP contribution in [0.25, 0.3) is 23.4 Å².